The lowest BCUT2D eigenvalue weighted by molar-refractivity contribution is -0.113. The fourth-order valence-corrected chi connectivity index (χ4v) is 4.68. The molecular weight excluding hydrogens is 416 g/mol. The molecule has 0 unspecified atom stereocenters. The number of nitrogens with zero attached hydrogens (tertiary/aromatic N) is 2. The largest absolute Gasteiger partial charge is 0.448 e. The number of amides is 1. The highest BCUT2D eigenvalue weighted by Gasteiger charge is 2.44. The SMILES string of the molecule is O=C(CSc1n[nH]c(=O)n1Cc1ccccc1)Nc1ccc2c(c1)OC1(CCCC1)O2. The van der Waals surface area contributed by atoms with E-state index in [9.17, 15) is 9.59 Å². The molecule has 0 atom stereocenters. The van der Waals surface area contributed by atoms with Crippen LogP contribution in [0.1, 0.15) is 31.2 Å². The number of hydrogen-bond donors (Lipinski definition) is 2. The molecule has 9 heteroatoms. The molecule has 1 aromatic heterocycles. The average Bonchev–Trinajstić information content (AvgIpc) is 3.47. The van der Waals surface area contributed by atoms with Crippen LogP contribution >= 0.6 is 11.8 Å². The first kappa shape index (κ1) is 19.7. The van der Waals surface area contributed by atoms with Crippen LogP contribution in [0, 0.1) is 0 Å². The van der Waals surface area contributed by atoms with Crippen molar-refractivity contribution >= 4 is 23.4 Å². The minimum atomic E-state index is -0.525. The third-order valence-electron chi connectivity index (χ3n) is 5.42. The van der Waals surface area contributed by atoms with E-state index in [1.54, 1.807) is 12.1 Å². The van der Waals surface area contributed by atoms with E-state index >= 15 is 0 Å². The molecule has 0 saturated heterocycles. The molecule has 1 aliphatic carbocycles. The summed E-state index contributed by atoms with van der Waals surface area (Å²) in [6, 6.07) is 15.1. The van der Waals surface area contributed by atoms with Crippen molar-refractivity contribution in [2.45, 2.75) is 43.2 Å². The number of fused-ring (bicyclic) bond motifs is 1. The summed E-state index contributed by atoms with van der Waals surface area (Å²) in [5.74, 6) is 0.786. The van der Waals surface area contributed by atoms with Gasteiger partial charge in [0.05, 0.1) is 12.3 Å². The maximum absolute atomic E-state index is 12.5. The molecule has 2 heterocycles. The van der Waals surface area contributed by atoms with Crippen molar-refractivity contribution in [3.05, 3.63) is 64.6 Å². The number of aromatic nitrogens is 3. The number of benzene rings is 2. The first-order valence-corrected chi connectivity index (χ1v) is 11.2. The lowest BCUT2D eigenvalue weighted by Gasteiger charge is -2.21. The van der Waals surface area contributed by atoms with E-state index in [1.165, 1.54) is 16.3 Å². The van der Waals surface area contributed by atoms with Crippen molar-refractivity contribution in [2.75, 3.05) is 11.1 Å². The minimum absolute atomic E-state index is 0.122. The molecule has 31 heavy (non-hydrogen) atoms. The first-order valence-electron chi connectivity index (χ1n) is 10.2. The highest BCUT2D eigenvalue weighted by molar-refractivity contribution is 7.99. The zero-order valence-electron chi connectivity index (χ0n) is 16.8. The molecule has 160 valence electrons. The van der Waals surface area contributed by atoms with Crippen LogP contribution in [0.15, 0.2) is 58.5 Å². The van der Waals surface area contributed by atoms with Gasteiger partial charge in [-0.1, -0.05) is 42.1 Å². The highest BCUT2D eigenvalue weighted by Crippen LogP contribution is 2.47. The predicted octanol–water partition coefficient (Wildman–Crippen LogP) is 3.39. The number of nitrogens with one attached hydrogen (secondary N) is 2. The molecule has 1 fully saturated rings. The molecule has 0 radical (unpaired) electrons. The van der Waals surface area contributed by atoms with Gasteiger partial charge in [-0.3, -0.25) is 9.36 Å². The monoisotopic (exact) mass is 438 g/mol. The quantitative estimate of drug-likeness (QED) is 0.573. The van der Waals surface area contributed by atoms with Crippen molar-refractivity contribution in [3.8, 4) is 11.5 Å². The third kappa shape index (κ3) is 4.18. The second-order valence-corrected chi connectivity index (χ2v) is 8.65. The Morgan fingerprint density at radius 2 is 1.90 bits per heavy atom. The Bertz CT molecular complexity index is 1150. The summed E-state index contributed by atoms with van der Waals surface area (Å²) >= 11 is 1.21. The Hall–Kier alpha value is -3.20. The Morgan fingerprint density at radius 3 is 2.71 bits per heavy atom. The van der Waals surface area contributed by atoms with Crippen LogP contribution < -0.4 is 20.5 Å². The van der Waals surface area contributed by atoms with E-state index in [0.29, 0.717) is 23.1 Å². The molecule has 1 aliphatic heterocycles. The van der Waals surface area contributed by atoms with Gasteiger partial charge in [-0.2, -0.15) is 0 Å². The molecular formula is C22H22N4O4S. The average molecular weight is 439 g/mol. The summed E-state index contributed by atoms with van der Waals surface area (Å²) < 4.78 is 13.6. The smallest absolute Gasteiger partial charge is 0.344 e. The Labute approximate surface area is 183 Å². The maximum Gasteiger partial charge on any atom is 0.344 e. The van der Waals surface area contributed by atoms with Crippen molar-refractivity contribution in [1.29, 1.82) is 0 Å². The summed E-state index contributed by atoms with van der Waals surface area (Å²) in [5.41, 5.74) is 1.33. The zero-order valence-corrected chi connectivity index (χ0v) is 17.6. The number of carbonyl (C=O) groups is 1. The lowest BCUT2D eigenvalue weighted by Crippen LogP contribution is -2.34. The standard InChI is InChI=1S/C22H22N4O4S/c27-19(14-31-21-25-24-20(28)26(21)13-15-6-2-1-3-7-15)23-16-8-9-17-18(12-16)30-22(29-17)10-4-5-11-22/h1-3,6-9,12H,4-5,10-11,13-14H2,(H,23,27)(H,24,28). The first-order chi connectivity index (χ1) is 15.1. The van der Waals surface area contributed by atoms with Crippen molar-refractivity contribution in [3.63, 3.8) is 0 Å². The number of thioether (sulfide) groups is 1. The third-order valence-corrected chi connectivity index (χ3v) is 6.40. The number of ether oxygens (including phenoxy) is 2. The van der Waals surface area contributed by atoms with Gasteiger partial charge in [-0.25, -0.2) is 9.89 Å². The van der Waals surface area contributed by atoms with Gasteiger partial charge < -0.3 is 14.8 Å². The fraction of sp³-hybridized carbons (Fsp3) is 0.318. The number of carbonyl (C=O) groups excluding carboxylic acids is 1. The van der Waals surface area contributed by atoms with E-state index in [2.05, 4.69) is 15.5 Å². The molecule has 0 bridgehead atoms. The van der Waals surface area contributed by atoms with Gasteiger partial charge in [0.2, 0.25) is 5.91 Å². The number of anilines is 1. The van der Waals surface area contributed by atoms with Crippen molar-refractivity contribution in [1.82, 2.24) is 14.8 Å². The number of rotatable bonds is 6. The van der Waals surface area contributed by atoms with Gasteiger partial charge in [0, 0.05) is 24.6 Å². The summed E-state index contributed by atoms with van der Waals surface area (Å²) in [6.45, 7) is 0.393. The normalized spacial score (nSPS) is 16.0. The van der Waals surface area contributed by atoms with Gasteiger partial charge >= 0.3 is 5.69 Å². The molecule has 3 aromatic rings. The summed E-state index contributed by atoms with van der Waals surface area (Å²) in [6.07, 6.45) is 3.96. The number of hydrogen-bond acceptors (Lipinski definition) is 6. The van der Waals surface area contributed by atoms with Gasteiger partial charge in [-0.15, -0.1) is 5.10 Å². The molecule has 5 rings (SSSR count). The van der Waals surface area contributed by atoms with Gasteiger partial charge in [0.15, 0.2) is 16.7 Å². The van der Waals surface area contributed by atoms with Crippen molar-refractivity contribution < 1.29 is 14.3 Å². The predicted molar refractivity (Wildman–Crippen MR) is 117 cm³/mol. The zero-order chi connectivity index (χ0) is 21.3. The van der Waals surface area contributed by atoms with Gasteiger partial charge in [-0.05, 0) is 30.5 Å². The summed E-state index contributed by atoms with van der Waals surface area (Å²) in [7, 11) is 0. The molecule has 1 spiro atoms. The lowest BCUT2D eigenvalue weighted by atomic mass is 10.2. The van der Waals surface area contributed by atoms with Crippen molar-refractivity contribution in [2.24, 2.45) is 0 Å². The fourth-order valence-electron chi connectivity index (χ4n) is 3.94. The van der Waals surface area contributed by atoms with E-state index in [0.717, 1.165) is 37.0 Å². The van der Waals surface area contributed by atoms with E-state index < -0.39 is 5.79 Å². The van der Waals surface area contributed by atoms with Crippen LogP contribution in [0.5, 0.6) is 11.5 Å². The molecule has 2 aliphatic rings. The minimum Gasteiger partial charge on any atom is -0.448 e. The van der Waals surface area contributed by atoms with Gasteiger partial charge in [0.25, 0.3) is 5.79 Å². The van der Waals surface area contributed by atoms with Crippen LogP contribution in [-0.2, 0) is 11.3 Å². The molecule has 2 N–H and O–H groups in total. The van der Waals surface area contributed by atoms with Crippen LogP contribution in [-0.4, -0.2) is 32.2 Å². The molecule has 8 nitrogen and oxygen atoms in total. The highest BCUT2D eigenvalue weighted by atomic mass is 32.2. The summed E-state index contributed by atoms with van der Waals surface area (Å²) in [4.78, 5) is 24.6. The second kappa shape index (κ2) is 8.14. The Kier molecular flexibility index (Phi) is 5.19. The molecule has 1 saturated carbocycles. The summed E-state index contributed by atoms with van der Waals surface area (Å²) in [5, 5.41) is 9.85. The van der Waals surface area contributed by atoms with Crippen LogP contribution in [0.4, 0.5) is 5.69 Å². The topological polar surface area (TPSA) is 98.2 Å². The second-order valence-electron chi connectivity index (χ2n) is 7.70. The van der Waals surface area contributed by atoms with E-state index in [1.807, 2.05) is 36.4 Å². The van der Waals surface area contributed by atoms with Crippen LogP contribution in [0.2, 0.25) is 0 Å². The van der Waals surface area contributed by atoms with E-state index in [4.69, 9.17) is 9.47 Å². The molecule has 2 aromatic carbocycles. The Balaban J connectivity index is 1.21. The maximum atomic E-state index is 12.5. The van der Waals surface area contributed by atoms with E-state index in [-0.39, 0.29) is 17.3 Å². The van der Waals surface area contributed by atoms with Crippen LogP contribution in [0.25, 0.3) is 0 Å². The Morgan fingerprint density at radius 1 is 1.13 bits per heavy atom. The number of H-pyrrole nitrogens is 1. The number of aromatic amines is 1. The van der Waals surface area contributed by atoms with Gasteiger partial charge in [0.1, 0.15) is 0 Å². The van der Waals surface area contributed by atoms with Crippen LogP contribution in [0.3, 0.4) is 0 Å². The molecule has 1 amide bonds.